The number of furan rings is 1. The molecule has 0 aliphatic rings. The molecular weight excluding hydrogens is 347 g/mol. The Morgan fingerprint density at radius 2 is 1.96 bits per heavy atom. The molecule has 0 bridgehead atoms. The lowest BCUT2D eigenvalue weighted by Gasteiger charge is -2.28. The van der Waals surface area contributed by atoms with Gasteiger partial charge in [0, 0.05) is 6.54 Å². The molecule has 1 N–H and O–H groups in total. The molecule has 26 heavy (non-hydrogen) atoms. The van der Waals surface area contributed by atoms with Crippen LogP contribution in [0.5, 0.6) is 0 Å². The third kappa shape index (κ3) is 4.63. The van der Waals surface area contributed by atoms with Crippen LogP contribution in [-0.2, 0) is 6.18 Å². The first-order chi connectivity index (χ1) is 12.3. The molecule has 2 heterocycles. The number of aromatic nitrogens is 1. The summed E-state index contributed by atoms with van der Waals surface area (Å²) in [5.74, 6) is 0.253. The Balaban J connectivity index is 2.13. The van der Waals surface area contributed by atoms with Crippen molar-refractivity contribution in [2.24, 2.45) is 0 Å². The first kappa shape index (κ1) is 20.0. The number of nitrogens with one attached hydrogen (secondary N) is 1. The summed E-state index contributed by atoms with van der Waals surface area (Å²) >= 11 is 0. The number of carbonyl (C=O) groups excluding carboxylic acids is 1. The molecule has 0 fully saturated rings. The maximum Gasteiger partial charge on any atom is 0.433 e. The van der Waals surface area contributed by atoms with Crippen LogP contribution in [0.3, 0.4) is 0 Å². The third-order valence-corrected chi connectivity index (χ3v) is 4.20. The summed E-state index contributed by atoms with van der Waals surface area (Å²) in [6.07, 6.45) is -2.97. The van der Waals surface area contributed by atoms with Gasteiger partial charge in [-0.15, -0.1) is 0 Å². The fourth-order valence-corrected chi connectivity index (χ4v) is 2.80. The molecule has 8 heteroatoms. The van der Waals surface area contributed by atoms with Crippen molar-refractivity contribution in [1.82, 2.24) is 15.2 Å². The van der Waals surface area contributed by atoms with Gasteiger partial charge in [-0.3, -0.25) is 9.69 Å². The molecule has 0 saturated heterocycles. The molecule has 0 saturated carbocycles. The molecular formula is C18H22F3N3O2. The summed E-state index contributed by atoms with van der Waals surface area (Å²) < 4.78 is 43.6. The van der Waals surface area contributed by atoms with Gasteiger partial charge in [-0.1, -0.05) is 13.8 Å². The Morgan fingerprint density at radius 3 is 2.46 bits per heavy atom. The van der Waals surface area contributed by atoms with Gasteiger partial charge in [-0.25, -0.2) is 4.98 Å². The second-order valence-electron chi connectivity index (χ2n) is 5.79. The van der Waals surface area contributed by atoms with Crippen molar-refractivity contribution < 1.29 is 22.4 Å². The minimum Gasteiger partial charge on any atom is -0.468 e. The zero-order valence-corrected chi connectivity index (χ0v) is 14.9. The van der Waals surface area contributed by atoms with Gasteiger partial charge in [0.05, 0.1) is 23.6 Å². The normalized spacial score (nSPS) is 13.0. The molecule has 1 unspecified atom stereocenters. The summed E-state index contributed by atoms with van der Waals surface area (Å²) in [6.45, 7) is 7.20. The van der Waals surface area contributed by atoms with Crippen LogP contribution < -0.4 is 5.32 Å². The van der Waals surface area contributed by atoms with Gasteiger partial charge in [0.25, 0.3) is 5.91 Å². The smallest absolute Gasteiger partial charge is 0.433 e. The van der Waals surface area contributed by atoms with Crippen molar-refractivity contribution in [3.8, 4) is 0 Å². The lowest BCUT2D eigenvalue weighted by molar-refractivity contribution is -0.141. The Bertz CT molecular complexity index is 726. The van der Waals surface area contributed by atoms with Crippen molar-refractivity contribution in [2.75, 3.05) is 19.6 Å². The molecule has 0 aliphatic heterocycles. The van der Waals surface area contributed by atoms with E-state index in [2.05, 4.69) is 15.2 Å². The van der Waals surface area contributed by atoms with Crippen LogP contribution in [-0.4, -0.2) is 35.4 Å². The number of likely N-dealkylation sites (N-methyl/N-ethyl adjacent to an activating group) is 1. The van der Waals surface area contributed by atoms with Gasteiger partial charge in [-0.05, 0) is 44.3 Å². The van der Waals surface area contributed by atoms with Gasteiger partial charge in [0.15, 0.2) is 0 Å². The summed E-state index contributed by atoms with van der Waals surface area (Å²) in [5.41, 5.74) is -0.853. The quantitative estimate of drug-likeness (QED) is 0.806. The van der Waals surface area contributed by atoms with E-state index in [4.69, 9.17) is 4.42 Å². The Hall–Kier alpha value is -2.35. The number of halogens is 3. The largest absolute Gasteiger partial charge is 0.468 e. The lowest BCUT2D eigenvalue weighted by atomic mass is 10.1. The summed E-state index contributed by atoms with van der Waals surface area (Å²) in [6, 6.07) is 5.42. The van der Waals surface area contributed by atoms with E-state index in [0.717, 1.165) is 31.0 Å². The monoisotopic (exact) mass is 369 g/mol. The fourth-order valence-electron chi connectivity index (χ4n) is 2.80. The van der Waals surface area contributed by atoms with Crippen LogP contribution >= 0.6 is 0 Å². The van der Waals surface area contributed by atoms with Crippen molar-refractivity contribution in [3.05, 3.63) is 53.2 Å². The molecule has 0 aliphatic carbocycles. The van der Waals surface area contributed by atoms with E-state index in [1.54, 1.807) is 12.3 Å². The number of hydrogen-bond acceptors (Lipinski definition) is 4. The second kappa shape index (κ2) is 8.35. The molecule has 5 nitrogen and oxygen atoms in total. The van der Waals surface area contributed by atoms with E-state index in [1.807, 2.05) is 19.9 Å². The van der Waals surface area contributed by atoms with Gasteiger partial charge in [0.1, 0.15) is 11.5 Å². The summed E-state index contributed by atoms with van der Waals surface area (Å²) in [4.78, 5) is 18.0. The minimum atomic E-state index is -4.53. The van der Waals surface area contributed by atoms with Crippen LogP contribution in [0.2, 0.25) is 0 Å². The highest BCUT2D eigenvalue weighted by atomic mass is 19.4. The zero-order chi connectivity index (χ0) is 19.3. The van der Waals surface area contributed by atoms with E-state index in [-0.39, 0.29) is 23.8 Å². The highest BCUT2D eigenvalue weighted by Gasteiger charge is 2.33. The second-order valence-corrected chi connectivity index (χ2v) is 5.79. The van der Waals surface area contributed by atoms with Crippen LogP contribution in [0.15, 0.2) is 34.9 Å². The zero-order valence-electron chi connectivity index (χ0n) is 14.9. The van der Waals surface area contributed by atoms with Crippen LogP contribution in [0.1, 0.15) is 47.4 Å². The molecule has 0 radical (unpaired) electrons. The Labute approximate surface area is 150 Å². The topological polar surface area (TPSA) is 58.4 Å². The first-order valence-corrected chi connectivity index (χ1v) is 8.38. The van der Waals surface area contributed by atoms with Crippen molar-refractivity contribution in [3.63, 3.8) is 0 Å². The predicted molar refractivity (Wildman–Crippen MR) is 90.7 cm³/mol. The molecule has 2 aromatic rings. The van der Waals surface area contributed by atoms with Gasteiger partial charge in [0.2, 0.25) is 0 Å². The van der Waals surface area contributed by atoms with E-state index < -0.39 is 17.8 Å². The van der Waals surface area contributed by atoms with E-state index >= 15 is 0 Å². The Morgan fingerprint density at radius 1 is 1.27 bits per heavy atom. The summed E-state index contributed by atoms with van der Waals surface area (Å²) in [5, 5.41) is 2.77. The SMILES string of the molecule is CCN(CC)C(CNC(=O)c1ccc(C(F)(F)F)nc1C)c1ccco1. The molecule has 142 valence electrons. The molecule has 2 aromatic heterocycles. The van der Waals surface area contributed by atoms with Gasteiger partial charge < -0.3 is 9.73 Å². The van der Waals surface area contributed by atoms with E-state index in [1.165, 1.54) is 6.92 Å². The molecule has 1 amide bonds. The van der Waals surface area contributed by atoms with Crippen molar-refractivity contribution >= 4 is 5.91 Å². The standard InChI is InChI=1S/C18H22F3N3O2/c1-4-24(5-2)14(15-7-6-10-26-15)11-22-17(25)13-8-9-16(18(19,20)21)23-12(13)3/h6-10,14H,4-5,11H2,1-3H3,(H,22,25). The first-order valence-electron chi connectivity index (χ1n) is 8.38. The number of hydrogen-bond donors (Lipinski definition) is 1. The van der Waals surface area contributed by atoms with Crippen molar-refractivity contribution in [2.45, 2.75) is 33.0 Å². The molecule has 0 spiro atoms. The highest BCUT2D eigenvalue weighted by Crippen LogP contribution is 2.28. The van der Waals surface area contributed by atoms with E-state index in [9.17, 15) is 18.0 Å². The Kier molecular flexibility index (Phi) is 6.42. The predicted octanol–water partition coefficient (Wildman–Crippen LogP) is 3.81. The highest BCUT2D eigenvalue weighted by molar-refractivity contribution is 5.95. The fraction of sp³-hybridized carbons (Fsp3) is 0.444. The number of amides is 1. The average molecular weight is 369 g/mol. The minimum absolute atomic E-state index is 0.0368. The van der Waals surface area contributed by atoms with E-state index in [0.29, 0.717) is 0 Å². The number of nitrogens with zero attached hydrogens (tertiary/aromatic N) is 2. The third-order valence-electron chi connectivity index (χ3n) is 4.20. The maximum atomic E-state index is 12.7. The summed E-state index contributed by atoms with van der Waals surface area (Å²) in [7, 11) is 0. The lowest BCUT2D eigenvalue weighted by Crippen LogP contribution is -2.38. The van der Waals surface area contributed by atoms with Crippen LogP contribution in [0.4, 0.5) is 13.2 Å². The maximum absolute atomic E-state index is 12.7. The number of carbonyl (C=O) groups is 1. The average Bonchev–Trinajstić information content (AvgIpc) is 3.11. The van der Waals surface area contributed by atoms with Crippen LogP contribution in [0.25, 0.3) is 0 Å². The van der Waals surface area contributed by atoms with Gasteiger partial charge >= 0.3 is 6.18 Å². The van der Waals surface area contributed by atoms with Crippen molar-refractivity contribution in [1.29, 1.82) is 0 Å². The molecule has 1 atom stereocenters. The molecule has 2 rings (SSSR count). The number of rotatable bonds is 7. The number of aryl methyl sites for hydroxylation is 1. The molecule has 0 aromatic carbocycles. The van der Waals surface area contributed by atoms with Crippen LogP contribution in [0, 0.1) is 6.92 Å². The number of pyridine rings is 1. The number of alkyl halides is 3. The van der Waals surface area contributed by atoms with Gasteiger partial charge in [-0.2, -0.15) is 13.2 Å².